The van der Waals surface area contributed by atoms with Crippen LogP contribution in [0.2, 0.25) is 0 Å². The summed E-state index contributed by atoms with van der Waals surface area (Å²) in [5, 5.41) is 3.51. The zero-order valence-electron chi connectivity index (χ0n) is 8.89. The second-order valence-electron chi connectivity index (χ2n) is 4.58. The second-order valence-corrected chi connectivity index (χ2v) is 4.58. The summed E-state index contributed by atoms with van der Waals surface area (Å²) in [5.41, 5.74) is 1.34. The minimum atomic E-state index is 0.754. The molecule has 0 spiro atoms. The molecule has 3 heterocycles. The van der Waals surface area contributed by atoms with E-state index in [0.29, 0.717) is 0 Å². The Labute approximate surface area is 90.5 Å². The first-order valence-electron chi connectivity index (χ1n) is 5.79. The second kappa shape index (κ2) is 3.91. The Morgan fingerprint density at radius 3 is 2.80 bits per heavy atom. The molecule has 80 valence electrons. The summed E-state index contributed by atoms with van der Waals surface area (Å²) >= 11 is 0. The topological polar surface area (TPSA) is 28.2 Å². The van der Waals surface area contributed by atoms with Crippen LogP contribution in [-0.2, 0) is 6.54 Å². The van der Waals surface area contributed by atoms with E-state index in [0.717, 1.165) is 31.7 Å². The summed E-state index contributed by atoms with van der Waals surface area (Å²) in [5.74, 6) is 0. The maximum absolute atomic E-state index is 4.18. The molecular weight excluding hydrogens is 186 g/mol. The molecule has 2 aliphatic heterocycles. The van der Waals surface area contributed by atoms with Crippen LogP contribution in [0.25, 0.3) is 0 Å². The van der Waals surface area contributed by atoms with Gasteiger partial charge in [-0.2, -0.15) is 0 Å². The van der Waals surface area contributed by atoms with Crippen LogP contribution < -0.4 is 5.32 Å². The molecule has 3 nitrogen and oxygen atoms in total. The average molecular weight is 203 g/mol. The van der Waals surface area contributed by atoms with Gasteiger partial charge in [0.05, 0.1) is 0 Å². The number of piperazine rings is 1. The van der Waals surface area contributed by atoms with E-state index in [4.69, 9.17) is 0 Å². The molecule has 2 aliphatic rings. The number of nitrogens with zero attached hydrogens (tertiary/aromatic N) is 2. The number of hydrogen-bond donors (Lipinski definition) is 1. The van der Waals surface area contributed by atoms with Gasteiger partial charge in [-0.25, -0.2) is 0 Å². The lowest BCUT2D eigenvalue weighted by atomic mass is 10.2. The SMILES string of the molecule is c1cncc(CN2[C@@H]3CC[C@H]2CNC3)c1. The number of pyridine rings is 1. The number of hydrogen-bond acceptors (Lipinski definition) is 3. The first-order valence-corrected chi connectivity index (χ1v) is 5.79. The van der Waals surface area contributed by atoms with E-state index in [-0.39, 0.29) is 0 Å². The third kappa shape index (κ3) is 1.77. The molecule has 2 atom stereocenters. The van der Waals surface area contributed by atoms with Crippen molar-refractivity contribution in [1.82, 2.24) is 15.2 Å². The predicted molar refractivity (Wildman–Crippen MR) is 59.5 cm³/mol. The molecule has 2 bridgehead atoms. The highest BCUT2D eigenvalue weighted by atomic mass is 15.3. The summed E-state index contributed by atoms with van der Waals surface area (Å²) in [7, 11) is 0. The largest absolute Gasteiger partial charge is 0.314 e. The van der Waals surface area contributed by atoms with Crippen molar-refractivity contribution in [2.45, 2.75) is 31.5 Å². The molecular formula is C12H17N3. The highest BCUT2D eigenvalue weighted by Crippen LogP contribution is 2.27. The molecule has 0 aromatic carbocycles. The average Bonchev–Trinajstić information content (AvgIpc) is 2.53. The molecule has 1 aromatic heterocycles. The monoisotopic (exact) mass is 203 g/mol. The van der Waals surface area contributed by atoms with Crippen LogP contribution in [-0.4, -0.2) is 35.1 Å². The summed E-state index contributed by atoms with van der Waals surface area (Å²) in [6.45, 7) is 3.40. The van der Waals surface area contributed by atoms with Gasteiger partial charge < -0.3 is 5.32 Å². The summed E-state index contributed by atoms with van der Waals surface area (Å²) in [4.78, 5) is 6.82. The zero-order chi connectivity index (χ0) is 10.1. The standard InChI is InChI=1S/C12H17N3/c1-2-10(6-13-5-1)9-15-11-3-4-12(15)8-14-7-11/h1-2,5-6,11-12,14H,3-4,7-9H2/t11-,12+. The first-order chi connectivity index (χ1) is 7.43. The first kappa shape index (κ1) is 9.31. The van der Waals surface area contributed by atoms with Gasteiger partial charge in [-0.15, -0.1) is 0 Å². The van der Waals surface area contributed by atoms with Crippen LogP contribution in [0.1, 0.15) is 18.4 Å². The van der Waals surface area contributed by atoms with Crippen LogP contribution in [0, 0.1) is 0 Å². The van der Waals surface area contributed by atoms with Gasteiger partial charge in [-0.3, -0.25) is 9.88 Å². The lowest BCUT2D eigenvalue weighted by Crippen LogP contribution is -2.51. The quantitative estimate of drug-likeness (QED) is 0.778. The number of nitrogens with one attached hydrogen (secondary N) is 1. The Morgan fingerprint density at radius 2 is 2.13 bits per heavy atom. The normalized spacial score (nSPS) is 30.7. The zero-order valence-corrected chi connectivity index (χ0v) is 8.89. The van der Waals surface area contributed by atoms with Crippen LogP contribution >= 0.6 is 0 Å². The van der Waals surface area contributed by atoms with Gasteiger partial charge in [0.2, 0.25) is 0 Å². The molecule has 1 aromatic rings. The number of rotatable bonds is 2. The van der Waals surface area contributed by atoms with E-state index < -0.39 is 0 Å². The lowest BCUT2D eigenvalue weighted by Gasteiger charge is -2.35. The van der Waals surface area contributed by atoms with Crippen molar-refractivity contribution in [2.24, 2.45) is 0 Å². The predicted octanol–water partition coefficient (Wildman–Crippen LogP) is 1.02. The van der Waals surface area contributed by atoms with Gasteiger partial charge in [0.15, 0.2) is 0 Å². The van der Waals surface area contributed by atoms with E-state index in [9.17, 15) is 0 Å². The van der Waals surface area contributed by atoms with Crippen LogP contribution in [0.5, 0.6) is 0 Å². The Kier molecular flexibility index (Phi) is 2.43. The van der Waals surface area contributed by atoms with Gasteiger partial charge in [-0.1, -0.05) is 6.07 Å². The van der Waals surface area contributed by atoms with Crippen LogP contribution in [0.3, 0.4) is 0 Å². The Balaban J connectivity index is 1.73. The molecule has 0 unspecified atom stereocenters. The third-order valence-corrected chi connectivity index (χ3v) is 3.62. The highest BCUT2D eigenvalue weighted by Gasteiger charge is 2.35. The molecule has 0 amide bonds. The van der Waals surface area contributed by atoms with Gasteiger partial charge in [0.25, 0.3) is 0 Å². The molecule has 2 fully saturated rings. The maximum Gasteiger partial charge on any atom is 0.0312 e. The van der Waals surface area contributed by atoms with Gasteiger partial charge in [0, 0.05) is 44.1 Å². The number of fused-ring (bicyclic) bond motifs is 2. The van der Waals surface area contributed by atoms with Crippen LogP contribution in [0.15, 0.2) is 24.5 Å². The van der Waals surface area contributed by atoms with E-state index in [1.54, 1.807) is 0 Å². The van der Waals surface area contributed by atoms with E-state index in [1.165, 1.54) is 18.4 Å². The minimum Gasteiger partial charge on any atom is -0.314 e. The molecule has 3 heteroatoms. The summed E-state index contributed by atoms with van der Waals surface area (Å²) in [6.07, 6.45) is 6.55. The fourth-order valence-corrected chi connectivity index (χ4v) is 2.83. The summed E-state index contributed by atoms with van der Waals surface area (Å²) in [6, 6.07) is 5.71. The molecule has 3 rings (SSSR count). The smallest absolute Gasteiger partial charge is 0.0312 e. The van der Waals surface area contributed by atoms with Crippen molar-refractivity contribution in [2.75, 3.05) is 13.1 Å². The molecule has 0 saturated carbocycles. The fraction of sp³-hybridized carbons (Fsp3) is 0.583. The van der Waals surface area contributed by atoms with Crippen molar-refractivity contribution < 1.29 is 0 Å². The van der Waals surface area contributed by atoms with E-state index in [2.05, 4.69) is 21.3 Å². The van der Waals surface area contributed by atoms with Crippen molar-refractivity contribution in [1.29, 1.82) is 0 Å². The van der Waals surface area contributed by atoms with E-state index >= 15 is 0 Å². The van der Waals surface area contributed by atoms with Crippen molar-refractivity contribution >= 4 is 0 Å². The maximum atomic E-state index is 4.18. The van der Waals surface area contributed by atoms with Crippen molar-refractivity contribution in [3.63, 3.8) is 0 Å². The summed E-state index contributed by atoms with van der Waals surface area (Å²) < 4.78 is 0. The van der Waals surface area contributed by atoms with Gasteiger partial charge in [0.1, 0.15) is 0 Å². The van der Waals surface area contributed by atoms with Gasteiger partial charge in [-0.05, 0) is 24.5 Å². The lowest BCUT2D eigenvalue weighted by molar-refractivity contribution is 0.145. The molecule has 1 N–H and O–H groups in total. The number of aromatic nitrogens is 1. The van der Waals surface area contributed by atoms with Crippen LogP contribution in [0.4, 0.5) is 0 Å². The van der Waals surface area contributed by atoms with Gasteiger partial charge >= 0.3 is 0 Å². The Hall–Kier alpha value is -0.930. The third-order valence-electron chi connectivity index (χ3n) is 3.62. The van der Waals surface area contributed by atoms with E-state index in [1.807, 2.05) is 18.5 Å². The Morgan fingerprint density at radius 1 is 1.33 bits per heavy atom. The highest BCUT2D eigenvalue weighted by molar-refractivity contribution is 5.10. The molecule has 2 saturated heterocycles. The van der Waals surface area contributed by atoms with Crippen molar-refractivity contribution in [3.05, 3.63) is 30.1 Å². The Bertz CT molecular complexity index is 309. The molecule has 0 radical (unpaired) electrons. The minimum absolute atomic E-state index is 0.754. The molecule has 0 aliphatic carbocycles. The fourth-order valence-electron chi connectivity index (χ4n) is 2.83. The van der Waals surface area contributed by atoms with Crippen molar-refractivity contribution in [3.8, 4) is 0 Å². The molecule has 15 heavy (non-hydrogen) atoms.